The highest BCUT2D eigenvalue weighted by molar-refractivity contribution is 6.42. The summed E-state index contributed by atoms with van der Waals surface area (Å²) in [6, 6.07) is 12.4. The van der Waals surface area contributed by atoms with Crippen LogP contribution in [0.1, 0.15) is 11.1 Å². The van der Waals surface area contributed by atoms with Crippen molar-refractivity contribution in [1.82, 2.24) is 5.32 Å². The number of hydrogen-bond donors (Lipinski definition) is 3. The predicted octanol–water partition coefficient (Wildman–Crippen LogP) is 3.64. The van der Waals surface area contributed by atoms with Crippen LogP contribution in [-0.2, 0) is 12.8 Å². The largest absolute Gasteiger partial charge is 0.387 e. The third-order valence-electron chi connectivity index (χ3n) is 3.91. The molecular formula is C17H16Cl2N2O2. The fraction of sp³-hybridized carbons (Fsp3) is 0.235. The van der Waals surface area contributed by atoms with E-state index in [9.17, 15) is 9.90 Å². The molecule has 0 radical (unpaired) electrons. The van der Waals surface area contributed by atoms with Crippen molar-refractivity contribution >= 4 is 34.9 Å². The Bertz CT molecular complexity index is 724. The van der Waals surface area contributed by atoms with Crippen molar-refractivity contribution in [3.8, 4) is 0 Å². The number of hydrogen-bond acceptors (Lipinski definition) is 2. The first-order valence-electron chi connectivity index (χ1n) is 7.24. The molecule has 1 aliphatic carbocycles. The zero-order valence-electron chi connectivity index (χ0n) is 12.3. The van der Waals surface area contributed by atoms with Gasteiger partial charge in [0.2, 0.25) is 0 Å². The Kier molecular flexibility index (Phi) is 4.48. The second-order valence-electron chi connectivity index (χ2n) is 5.78. The van der Waals surface area contributed by atoms with Crippen LogP contribution < -0.4 is 10.6 Å². The fourth-order valence-corrected chi connectivity index (χ4v) is 3.09. The van der Waals surface area contributed by atoms with Crippen LogP contribution >= 0.6 is 23.2 Å². The van der Waals surface area contributed by atoms with Gasteiger partial charge in [0.05, 0.1) is 15.6 Å². The van der Waals surface area contributed by atoms with Gasteiger partial charge in [0, 0.05) is 25.1 Å². The number of aliphatic hydroxyl groups is 1. The molecule has 0 saturated carbocycles. The molecule has 3 N–H and O–H groups in total. The lowest BCUT2D eigenvalue weighted by atomic mass is 10.0. The molecule has 6 heteroatoms. The van der Waals surface area contributed by atoms with Gasteiger partial charge in [-0.15, -0.1) is 0 Å². The highest BCUT2D eigenvalue weighted by atomic mass is 35.5. The summed E-state index contributed by atoms with van der Waals surface area (Å²) in [6.07, 6.45) is 1.08. The third-order valence-corrected chi connectivity index (χ3v) is 4.65. The van der Waals surface area contributed by atoms with E-state index >= 15 is 0 Å². The van der Waals surface area contributed by atoms with Gasteiger partial charge in [0.25, 0.3) is 0 Å². The number of urea groups is 1. The summed E-state index contributed by atoms with van der Waals surface area (Å²) in [5.74, 6) is 0. The van der Waals surface area contributed by atoms with Crippen LogP contribution in [0.2, 0.25) is 10.0 Å². The van der Waals surface area contributed by atoms with Gasteiger partial charge in [-0.1, -0.05) is 47.5 Å². The molecule has 0 unspecified atom stereocenters. The molecule has 23 heavy (non-hydrogen) atoms. The summed E-state index contributed by atoms with van der Waals surface area (Å²) in [5, 5.41) is 16.8. The maximum Gasteiger partial charge on any atom is 0.319 e. The maximum absolute atomic E-state index is 12.0. The number of nitrogens with one attached hydrogen (secondary N) is 2. The molecule has 4 nitrogen and oxygen atoms in total. The molecule has 0 saturated heterocycles. The van der Waals surface area contributed by atoms with Crippen LogP contribution in [0.3, 0.4) is 0 Å². The number of halogens is 2. The van der Waals surface area contributed by atoms with Crippen molar-refractivity contribution in [1.29, 1.82) is 0 Å². The zero-order valence-corrected chi connectivity index (χ0v) is 13.8. The lowest BCUT2D eigenvalue weighted by molar-refractivity contribution is 0.0541. The van der Waals surface area contributed by atoms with Gasteiger partial charge in [0.15, 0.2) is 0 Å². The van der Waals surface area contributed by atoms with Crippen molar-refractivity contribution in [2.75, 3.05) is 11.9 Å². The van der Waals surface area contributed by atoms with Crippen LogP contribution in [0, 0.1) is 0 Å². The minimum absolute atomic E-state index is 0.175. The Morgan fingerprint density at radius 1 is 1.09 bits per heavy atom. The van der Waals surface area contributed by atoms with Gasteiger partial charge in [0.1, 0.15) is 0 Å². The number of amides is 2. The van der Waals surface area contributed by atoms with Crippen LogP contribution in [0.5, 0.6) is 0 Å². The van der Waals surface area contributed by atoms with Crippen molar-refractivity contribution in [3.63, 3.8) is 0 Å². The fourth-order valence-electron chi connectivity index (χ4n) is 2.79. The molecule has 0 spiro atoms. The van der Waals surface area contributed by atoms with E-state index in [2.05, 4.69) is 10.6 Å². The first-order chi connectivity index (χ1) is 11.0. The molecule has 2 amide bonds. The van der Waals surface area contributed by atoms with Crippen molar-refractivity contribution in [2.45, 2.75) is 18.4 Å². The topological polar surface area (TPSA) is 61.4 Å². The molecule has 1 aliphatic rings. The quantitative estimate of drug-likeness (QED) is 0.791. The van der Waals surface area contributed by atoms with E-state index in [-0.39, 0.29) is 6.54 Å². The lowest BCUT2D eigenvalue weighted by Gasteiger charge is -2.22. The average molecular weight is 351 g/mol. The van der Waals surface area contributed by atoms with Gasteiger partial charge in [-0.25, -0.2) is 4.79 Å². The number of rotatable bonds is 3. The molecule has 120 valence electrons. The smallest absolute Gasteiger partial charge is 0.319 e. The molecule has 0 bridgehead atoms. The summed E-state index contributed by atoms with van der Waals surface area (Å²) in [5.41, 5.74) is 1.85. The average Bonchev–Trinajstić information content (AvgIpc) is 2.86. The first-order valence-corrected chi connectivity index (χ1v) is 8.00. The van der Waals surface area contributed by atoms with E-state index < -0.39 is 11.6 Å². The molecule has 0 atom stereocenters. The summed E-state index contributed by atoms with van der Waals surface area (Å²) < 4.78 is 0. The van der Waals surface area contributed by atoms with Crippen LogP contribution in [0.15, 0.2) is 42.5 Å². The zero-order chi connectivity index (χ0) is 16.4. The maximum atomic E-state index is 12.0. The summed E-state index contributed by atoms with van der Waals surface area (Å²) in [6.45, 7) is 0.175. The monoisotopic (exact) mass is 350 g/mol. The molecule has 3 rings (SSSR count). The van der Waals surface area contributed by atoms with E-state index in [0.717, 1.165) is 11.1 Å². The third kappa shape index (κ3) is 3.78. The van der Waals surface area contributed by atoms with E-state index in [1.807, 2.05) is 24.3 Å². The second kappa shape index (κ2) is 6.40. The van der Waals surface area contributed by atoms with Crippen LogP contribution in [0.25, 0.3) is 0 Å². The number of anilines is 1. The minimum Gasteiger partial charge on any atom is -0.387 e. The number of carbonyl (C=O) groups excluding carboxylic acids is 1. The number of carbonyl (C=O) groups is 1. The van der Waals surface area contributed by atoms with Gasteiger partial charge >= 0.3 is 6.03 Å². The molecular weight excluding hydrogens is 335 g/mol. The van der Waals surface area contributed by atoms with Crippen molar-refractivity contribution < 1.29 is 9.90 Å². The van der Waals surface area contributed by atoms with Gasteiger partial charge in [-0.3, -0.25) is 0 Å². The Balaban J connectivity index is 1.56. The van der Waals surface area contributed by atoms with Crippen molar-refractivity contribution in [2.24, 2.45) is 0 Å². The van der Waals surface area contributed by atoms with Gasteiger partial charge in [-0.2, -0.15) is 0 Å². The highest BCUT2D eigenvalue weighted by Gasteiger charge is 2.35. The lowest BCUT2D eigenvalue weighted by Crippen LogP contribution is -2.45. The van der Waals surface area contributed by atoms with E-state index in [1.165, 1.54) is 0 Å². The standard InChI is InChI=1S/C17H16Cl2N2O2/c18-14-6-5-13(7-15(14)19)21-16(22)20-10-17(23)8-11-3-1-2-4-12(11)9-17/h1-7,23H,8-10H2,(H2,20,21,22). The highest BCUT2D eigenvalue weighted by Crippen LogP contribution is 2.29. The van der Waals surface area contributed by atoms with Crippen LogP contribution in [-0.4, -0.2) is 23.3 Å². The van der Waals surface area contributed by atoms with Crippen LogP contribution in [0.4, 0.5) is 10.5 Å². The Hall–Kier alpha value is -1.75. The summed E-state index contributed by atoms with van der Waals surface area (Å²) in [4.78, 5) is 12.0. The minimum atomic E-state index is -0.946. The van der Waals surface area contributed by atoms with E-state index in [0.29, 0.717) is 28.6 Å². The van der Waals surface area contributed by atoms with Gasteiger partial charge in [-0.05, 0) is 29.3 Å². The Morgan fingerprint density at radius 2 is 1.74 bits per heavy atom. The molecule has 0 heterocycles. The number of fused-ring (bicyclic) bond motifs is 1. The SMILES string of the molecule is O=C(NCC1(O)Cc2ccccc2C1)Nc1ccc(Cl)c(Cl)c1. The van der Waals surface area contributed by atoms with Crippen molar-refractivity contribution in [3.05, 3.63) is 63.6 Å². The van der Waals surface area contributed by atoms with E-state index in [4.69, 9.17) is 23.2 Å². The molecule has 0 aliphatic heterocycles. The normalized spacial score (nSPS) is 15.1. The summed E-state index contributed by atoms with van der Waals surface area (Å²) >= 11 is 11.7. The summed E-state index contributed by atoms with van der Waals surface area (Å²) in [7, 11) is 0. The molecule has 2 aromatic rings. The number of benzene rings is 2. The Labute approximate surface area is 144 Å². The predicted molar refractivity (Wildman–Crippen MR) is 92.3 cm³/mol. The molecule has 0 aromatic heterocycles. The molecule has 0 fully saturated rings. The van der Waals surface area contributed by atoms with E-state index in [1.54, 1.807) is 18.2 Å². The second-order valence-corrected chi connectivity index (χ2v) is 6.60. The molecule has 2 aromatic carbocycles. The Morgan fingerprint density at radius 3 is 2.35 bits per heavy atom. The van der Waals surface area contributed by atoms with Gasteiger partial charge < -0.3 is 15.7 Å². The first kappa shape index (κ1) is 16.1.